The van der Waals surface area contributed by atoms with Crippen LogP contribution in [-0.4, -0.2) is 35.3 Å². The first kappa shape index (κ1) is 19.0. The lowest BCUT2D eigenvalue weighted by atomic mass is 9.95. The van der Waals surface area contributed by atoms with Crippen LogP contribution in [0.2, 0.25) is 0 Å². The van der Waals surface area contributed by atoms with Gasteiger partial charge < -0.3 is 25.6 Å². The van der Waals surface area contributed by atoms with E-state index >= 15 is 0 Å². The molecule has 8 heteroatoms. The molecular formula is C20H20N4O4. The van der Waals surface area contributed by atoms with Crippen LogP contribution in [0.1, 0.15) is 17.2 Å². The second-order valence-electron chi connectivity index (χ2n) is 5.92. The predicted octanol–water partition coefficient (Wildman–Crippen LogP) is 2.82. The lowest BCUT2D eigenvalue weighted by Gasteiger charge is -2.19. The number of para-hydroxylation sites is 2. The molecule has 4 N–H and O–H groups in total. The number of phenols is 1. The molecule has 0 amide bonds. The minimum Gasteiger partial charge on any atom is -0.508 e. The van der Waals surface area contributed by atoms with Gasteiger partial charge in [-0.25, -0.2) is 9.97 Å². The monoisotopic (exact) mass is 380 g/mol. The number of anilines is 3. The van der Waals surface area contributed by atoms with Crippen molar-refractivity contribution in [1.82, 2.24) is 9.97 Å². The number of nitrogen functional groups attached to an aromatic ring is 1. The Morgan fingerprint density at radius 2 is 2.04 bits per heavy atom. The average molecular weight is 380 g/mol. The zero-order chi connectivity index (χ0) is 19.9. The number of hydrogen-bond acceptors (Lipinski definition) is 8. The van der Waals surface area contributed by atoms with Crippen molar-refractivity contribution in [2.75, 3.05) is 24.8 Å². The Morgan fingerprint density at radius 3 is 2.79 bits per heavy atom. The minimum absolute atomic E-state index is 0.0161. The number of nitrogens with two attached hydrogens (primary N) is 1. The van der Waals surface area contributed by atoms with Crippen molar-refractivity contribution in [1.29, 1.82) is 0 Å². The van der Waals surface area contributed by atoms with E-state index in [1.54, 1.807) is 31.4 Å². The third kappa shape index (κ3) is 4.12. The molecule has 0 bridgehead atoms. The fourth-order valence-corrected chi connectivity index (χ4v) is 2.87. The number of methoxy groups -OCH3 is 1. The number of rotatable bonds is 8. The normalized spacial score (nSPS) is 11.5. The SMILES string of the molecule is COc1ccccc1Nc1ncnc(C(COC=O)c2cccc(O)c2)c1N. The first-order valence-electron chi connectivity index (χ1n) is 8.48. The van der Waals surface area contributed by atoms with Gasteiger partial charge in [-0.05, 0) is 29.8 Å². The van der Waals surface area contributed by atoms with Crippen LogP contribution in [0.15, 0.2) is 54.9 Å². The van der Waals surface area contributed by atoms with Crippen molar-refractivity contribution < 1.29 is 19.4 Å². The zero-order valence-corrected chi connectivity index (χ0v) is 15.2. The molecule has 1 unspecified atom stereocenters. The summed E-state index contributed by atoms with van der Waals surface area (Å²) in [5.41, 5.74) is 8.51. The summed E-state index contributed by atoms with van der Waals surface area (Å²) in [6.45, 7) is 0.378. The highest BCUT2D eigenvalue weighted by molar-refractivity contribution is 5.74. The smallest absolute Gasteiger partial charge is 0.293 e. The molecule has 2 aromatic carbocycles. The number of aromatic hydroxyl groups is 1. The molecule has 144 valence electrons. The van der Waals surface area contributed by atoms with Gasteiger partial charge in [0.2, 0.25) is 0 Å². The Hall–Kier alpha value is -3.81. The Morgan fingerprint density at radius 1 is 1.21 bits per heavy atom. The topological polar surface area (TPSA) is 120 Å². The quantitative estimate of drug-likeness (QED) is 0.510. The molecule has 3 aromatic rings. The third-order valence-corrected chi connectivity index (χ3v) is 4.21. The molecule has 0 aliphatic heterocycles. The van der Waals surface area contributed by atoms with Crippen molar-refractivity contribution in [2.45, 2.75) is 5.92 Å². The van der Waals surface area contributed by atoms with E-state index in [1.807, 2.05) is 24.3 Å². The van der Waals surface area contributed by atoms with E-state index in [0.717, 1.165) is 0 Å². The van der Waals surface area contributed by atoms with Crippen LogP contribution in [0.25, 0.3) is 0 Å². The first-order chi connectivity index (χ1) is 13.6. The molecule has 8 nitrogen and oxygen atoms in total. The second-order valence-corrected chi connectivity index (χ2v) is 5.92. The standard InChI is InChI=1S/C20H20N4O4/c1-27-17-8-3-2-7-16(17)24-20-18(21)19(22-11-23-20)15(10-28-12-25)13-5-4-6-14(26)9-13/h2-9,11-12,15,26H,10,21H2,1H3,(H,22,23,24). The number of nitrogens with one attached hydrogen (secondary N) is 1. The molecule has 0 spiro atoms. The summed E-state index contributed by atoms with van der Waals surface area (Å²) in [5, 5.41) is 13.0. The van der Waals surface area contributed by atoms with Crippen LogP contribution in [0, 0.1) is 0 Å². The Balaban J connectivity index is 2.00. The number of ether oxygens (including phenoxy) is 2. The van der Waals surface area contributed by atoms with Crippen molar-refractivity contribution in [2.24, 2.45) is 0 Å². The molecule has 3 rings (SSSR count). The van der Waals surface area contributed by atoms with Gasteiger partial charge in [0.1, 0.15) is 24.4 Å². The summed E-state index contributed by atoms with van der Waals surface area (Å²) < 4.78 is 10.3. The third-order valence-electron chi connectivity index (χ3n) is 4.21. The fourth-order valence-electron chi connectivity index (χ4n) is 2.87. The van der Waals surface area contributed by atoms with E-state index in [1.165, 1.54) is 6.33 Å². The van der Waals surface area contributed by atoms with E-state index in [4.69, 9.17) is 15.2 Å². The summed E-state index contributed by atoms with van der Waals surface area (Å²) in [7, 11) is 1.57. The van der Waals surface area contributed by atoms with Gasteiger partial charge >= 0.3 is 0 Å². The van der Waals surface area contributed by atoms with Gasteiger partial charge in [-0.3, -0.25) is 4.79 Å². The highest BCUT2D eigenvalue weighted by Crippen LogP contribution is 2.34. The maximum Gasteiger partial charge on any atom is 0.293 e. The zero-order valence-electron chi connectivity index (χ0n) is 15.2. The summed E-state index contributed by atoms with van der Waals surface area (Å²) in [5.74, 6) is 0.647. The van der Waals surface area contributed by atoms with Gasteiger partial charge in [-0.15, -0.1) is 0 Å². The summed E-state index contributed by atoms with van der Waals surface area (Å²) in [6, 6.07) is 14.0. The number of phenolic OH excluding ortho intramolecular Hbond substituents is 1. The van der Waals surface area contributed by atoms with Crippen molar-refractivity contribution >= 4 is 23.7 Å². The van der Waals surface area contributed by atoms with Gasteiger partial charge in [-0.1, -0.05) is 24.3 Å². The summed E-state index contributed by atoms with van der Waals surface area (Å²) >= 11 is 0. The Bertz CT molecular complexity index is 964. The average Bonchev–Trinajstić information content (AvgIpc) is 2.71. The van der Waals surface area contributed by atoms with E-state index in [9.17, 15) is 9.90 Å². The largest absolute Gasteiger partial charge is 0.508 e. The number of carbonyl (C=O) groups excluding carboxylic acids is 1. The molecule has 0 saturated carbocycles. The summed E-state index contributed by atoms with van der Waals surface area (Å²) in [6.07, 6.45) is 1.38. The van der Waals surface area contributed by atoms with Crippen LogP contribution >= 0.6 is 0 Å². The number of carbonyl (C=O) groups is 1. The number of hydrogen-bond donors (Lipinski definition) is 3. The van der Waals surface area contributed by atoms with Gasteiger partial charge in [0, 0.05) is 0 Å². The van der Waals surface area contributed by atoms with Gasteiger partial charge in [-0.2, -0.15) is 0 Å². The molecule has 1 heterocycles. The maximum atomic E-state index is 10.7. The van der Waals surface area contributed by atoms with Crippen molar-refractivity contribution in [3.8, 4) is 11.5 Å². The Kier molecular flexibility index (Phi) is 5.91. The van der Waals surface area contributed by atoms with Crippen molar-refractivity contribution in [3.05, 3.63) is 66.1 Å². The fraction of sp³-hybridized carbons (Fsp3) is 0.150. The summed E-state index contributed by atoms with van der Waals surface area (Å²) in [4.78, 5) is 19.3. The first-order valence-corrected chi connectivity index (χ1v) is 8.48. The van der Waals surface area contributed by atoms with E-state index in [-0.39, 0.29) is 12.4 Å². The van der Waals surface area contributed by atoms with Crippen LogP contribution in [0.3, 0.4) is 0 Å². The van der Waals surface area contributed by atoms with Gasteiger partial charge in [0.15, 0.2) is 5.82 Å². The molecule has 0 fully saturated rings. The molecule has 0 saturated heterocycles. The van der Waals surface area contributed by atoms with Crippen LogP contribution in [0.5, 0.6) is 11.5 Å². The highest BCUT2D eigenvalue weighted by Gasteiger charge is 2.22. The number of benzene rings is 2. The van der Waals surface area contributed by atoms with E-state index in [2.05, 4.69) is 15.3 Å². The van der Waals surface area contributed by atoms with E-state index < -0.39 is 5.92 Å². The molecular weight excluding hydrogens is 360 g/mol. The molecule has 1 aromatic heterocycles. The van der Waals surface area contributed by atoms with Crippen LogP contribution in [-0.2, 0) is 9.53 Å². The lowest BCUT2D eigenvalue weighted by Crippen LogP contribution is -2.15. The molecule has 0 aliphatic carbocycles. The molecule has 0 aliphatic rings. The minimum atomic E-state index is -0.474. The predicted molar refractivity (Wildman–Crippen MR) is 105 cm³/mol. The highest BCUT2D eigenvalue weighted by atomic mass is 16.5. The molecule has 28 heavy (non-hydrogen) atoms. The van der Waals surface area contributed by atoms with E-state index in [0.29, 0.717) is 40.7 Å². The lowest BCUT2D eigenvalue weighted by molar-refractivity contribution is -0.128. The van der Waals surface area contributed by atoms with Crippen molar-refractivity contribution in [3.63, 3.8) is 0 Å². The number of nitrogens with zero attached hydrogens (tertiary/aromatic N) is 2. The molecule has 0 radical (unpaired) electrons. The maximum absolute atomic E-state index is 10.7. The van der Waals surface area contributed by atoms with Gasteiger partial charge in [0.05, 0.1) is 30.1 Å². The van der Waals surface area contributed by atoms with Gasteiger partial charge in [0.25, 0.3) is 6.47 Å². The van der Waals surface area contributed by atoms with Crippen LogP contribution < -0.4 is 15.8 Å². The number of aromatic nitrogens is 2. The molecule has 1 atom stereocenters. The van der Waals surface area contributed by atoms with Crippen LogP contribution in [0.4, 0.5) is 17.2 Å². The Labute approximate surface area is 162 Å². The second kappa shape index (κ2) is 8.72.